The normalized spacial score (nSPS) is 36.3. The number of ether oxygens (including phenoxy) is 1. The van der Waals surface area contributed by atoms with Crippen molar-refractivity contribution in [2.24, 2.45) is 11.8 Å². The lowest BCUT2D eigenvalue weighted by molar-refractivity contribution is 0.0198. The Kier molecular flexibility index (Phi) is 3.89. The van der Waals surface area contributed by atoms with Crippen molar-refractivity contribution in [3.8, 4) is 0 Å². The molecule has 1 saturated heterocycles. The summed E-state index contributed by atoms with van der Waals surface area (Å²) in [5.41, 5.74) is 1.25. The quantitative estimate of drug-likeness (QED) is 0.891. The first-order valence-corrected chi connectivity index (χ1v) is 7.61. The molecule has 1 aromatic rings. The molecule has 0 radical (unpaired) electrons. The first-order valence-electron chi connectivity index (χ1n) is 7.61. The Hall–Kier alpha value is -0.870. The topological polar surface area (TPSA) is 39.1 Å². The fourth-order valence-electron chi connectivity index (χ4n) is 3.54. The number of aromatic nitrogens is 2. The SMILES string of the molecule is CC1CCCC(n2cncc2C2CNCCO2)C1C. The molecule has 1 aromatic heterocycles. The van der Waals surface area contributed by atoms with E-state index >= 15 is 0 Å². The van der Waals surface area contributed by atoms with Gasteiger partial charge in [-0.25, -0.2) is 4.98 Å². The van der Waals surface area contributed by atoms with Crippen LogP contribution in [0.15, 0.2) is 12.5 Å². The summed E-state index contributed by atoms with van der Waals surface area (Å²) in [7, 11) is 0. The van der Waals surface area contributed by atoms with Gasteiger partial charge in [-0.05, 0) is 18.3 Å². The number of nitrogens with one attached hydrogen (secondary N) is 1. The van der Waals surface area contributed by atoms with E-state index in [2.05, 4.69) is 28.7 Å². The van der Waals surface area contributed by atoms with E-state index < -0.39 is 0 Å². The average Bonchev–Trinajstić information content (AvgIpc) is 2.92. The average molecular weight is 263 g/mol. The van der Waals surface area contributed by atoms with Crippen LogP contribution in [0.3, 0.4) is 0 Å². The third-order valence-corrected chi connectivity index (χ3v) is 4.97. The molecule has 4 unspecified atom stereocenters. The lowest BCUT2D eigenvalue weighted by Gasteiger charge is -2.37. The summed E-state index contributed by atoms with van der Waals surface area (Å²) in [4.78, 5) is 4.39. The Morgan fingerprint density at radius 2 is 2.26 bits per heavy atom. The van der Waals surface area contributed by atoms with Crippen molar-refractivity contribution in [2.75, 3.05) is 19.7 Å². The molecule has 4 heteroatoms. The lowest BCUT2D eigenvalue weighted by Crippen LogP contribution is -2.35. The molecule has 4 atom stereocenters. The zero-order chi connectivity index (χ0) is 13.2. The highest BCUT2D eigenvalue weighted by molar-refractivity contribution is 5.07. The van der Waals surface area contributed by atoms with Crippen LogP contribution in [0, 0.1) is 11.8 Å². The molecule has 0 spiro atoms. The molecule has 19 heavy (non-hydrogen) atoms. The summed E-state index contributed by atoms with van der Waals surface area (Å²) < 4.78 is 8.28. The summed E-state index contributed by atoms with van der Waals surface area (Å²) >= 11 is 0. The Morgan fingerprint density at radius 3 is 3.05 bits per heavy atom. The van der Waals surface area contributed by atoms with Crippen LogP contribution >= 0.6 is 0 Å². The Balaban J connectivity index is 1.82. The van der Waals surface area contributed by atoms with E-state index in [4.69, 9.17) is 4.74 Å². The van der Waals surface area contributed by atoms with E-state index in [-0.39, 0.29) is 6.10 Å². The number of hydrogen-bond acceptors (Lipinski definition) is 3. The van der Waals surface area contributed by atoms with Gasteiger partial charge in [0.1, 0.15) is 6.10 Å². The van der Waals surface area contributed by atoms with Gasteiger partial charge < -0.3 is 14.6 Å². The predicted molar refractivity (Wildman–Crippen MR) is 75.0 cm³/mol. The summed E-state index contributed by atoms with van der Waals surface area (Å²) in [6.45, 7) is 7.43. The van der Waals surface area contributed by atoms with E-state index in [0.717, 1.165) is 31.5 Å². The largest absolute Gasteiger partial charge is 0.369 e. The van der Waals surface area contributed by atoms with Gasteiger partial charge in [-0.15, -0.1) is 0 Å². The zero-order valence-electron chi connectivity index (χ0n) is 12.0. The van der Waals surface area contributed by atoms with Gasteiger partial charge in [-0.3, -0.25) is 0 Å². The van der Waals surface area contributed by atoms with Gasteiger partial charge in [-0.2, -0.15) is 0 Å². The van der Waals surface area contributed by atoms with E-state index in [1.165, 1.54) is 25.0 Å². The van der Waals surface area contributed by atoms with Gasteiger partial charge >= 0.3 is 0 Å². The molecule has 0 amide bonds. The number of hydrogen-bond donors (Lipinski definition) is 1. The molecule has 106 valence electrons. The van der Waals surface area contributed by atoms with Crippen LogP contribution in [0.2, 0.25) is 0 Å². The number of morpholine rings is 1. The second kappa shape index (κ2) is 5.63. The highest BCUT2D eigenvalue weighted by Crippen LogP contribution is 2.39. The van der Waals surface area contributed by atoms with Crippen molar-refractivity contribution < 1.29 is 4.74 Å². The first kappa shape index (κ1) is 13.1. The molecule has 1 aliphatic carbocycles. The maximum Gasteiger partial charge on any atom is 0.111 e. The molecule has 2 aliphatic rings. The van der Waals surface area contributed by atoms with Gasteiger partial charge in [0.15, 0.2) is 0 Å². The van der Waals surface area contributed by atoms with Crippen molar-refractivity contribution in [1.29, 1.82) is 0 Å². The third-order valence-electron chi connectivity index (χ3n) is 4.97. The van der Waals surface area contributed by atoms with Gasteiger partial charge in [0.25, 0.3) is 0 Å². The van der Waals surface area contributed by atoms with Crippen molar-refractivity contribution in [2.45, 2.75) is 45.3 Å². The molecule has 0 bridgehead atoms. The number of imidazole rings is 1. The molecular formula is C15H25N3O. The summed E-state index contributed by atoms with van der Waals surface area (Å²) in [5.74, 6) is 1.53. The van der Waals surface area contributed by atoms with Gasteiger partial charge in [0.2, 0.25) is 0 Å². The second-order valence-corrected chi connectivity index (χ2v) is 6.12. The van der Waals surface area contributed by atoms with Crippen molar-refractivity contribution in [3.05, 3.63) is 18.2 Å². The minimum absolute atomic E-state index is 0.167. The van der Waals surface area contributed by atoms with Crippen LogP contribution < -0.4 is 5.32 Å². The fourth-order valence-corrected chi connectivity index (χ4v) is 3.54. The number of nitrogens with zero attached hydrogens (tertiary/aromatic N) is 2. The standard InChI is InChI=1S/C15H25N3O/c1-11-4-3-5-13(12(11)2)18-10-17-8-14(18)15-9-16-6-7-19-15/h8,10-13,15-16H,3-7,9H2,1-2H3. The molecule has 2 fully saturated rings. The van der Waals surface area contributed by atoms with Gasteiger partial charge in [0.05, 0.1) is 24.8 Å². The molecule has 1 saturated carbocycles. The number of rotatable bonds is 2. The molecule has 2 heterocycles. The highest BCUT2D eigenvalue weighted by Gasteiger charge is 2.31. The van der Waals surface area contributed by atoms with Crippen LogP contribution in [0.5, 0.6) is 0 Å². The third kappa shape index (κ3) is 2.56. The Morgan fingerprint density at radius 1 is 1.37 bits per heavy atom. The smallest absolute Gasteiger partial charge is 0.111 e. The lowest BCUT2D eigenvalue weighted by atomic mass is 9.78. The van der Waals surface area contributed by atoms with Crippen molar-refractivity contribution >= 4 is 0 Å². The van der Waals surface area contributed by atoms with E-state index in [1.807, 2.05) is 12.5 Å². The monoisotopic (exact) mass is 263 g/mol. The first-order chi connectivity index (χ1) is 9.27. The van der Waals surface area contributed by atoms with Crippen LogP contribution in [0.1, 0.15) is 50.9 Å². The maximum atomic E-state index is 5.89. The molecule has 4 nitrogen and oxygen atoms in total. The molecular weight excluding hydrogens is 238 g/mol. The minimum Gasteiger partial charge on any atom is -0.369 e. The van der Waals surface area contributed by atoms with Crippen molar-refractivity contribution in [1.82, 2.24) is 14.9 Å². The molecule has 1 N–H and O–H groups in total. The summed E-state index contributed by atoms with van der Waals surface area (Å²) in [6, 6.07) is 0.590. The van der Waals surface area contributed by atoms with E-state index in [9.17, 15) is 0 Å². The molecule has 3 rings (SSSR count). The van der Waals surface area contributed by atoms with Gasteiger partial charge in [-0.1, -0.05) is 26.7 Å². The van der Waals surface area contributed by atoms with Crippen LogP contribution in [-0.4, -0.2) is 29.2 Å². The Bertz CT molecular complexity index is 411. The molecule has 0 aromatic carbocycles. The molecule has 1 aliphatic heterocycles. The van der Waals surface area contributed by atoms with E-state index in [0.29, 0.717) is 6.04 Å². The Labute approximate surface area is 115 Å². The minimum atomic E-state index is 0.167. The van der Waals surface area contributed by atoms with Crippen molar-refractivity contribution in [3.63, 3.8) is 0 Å². The summed E-state index contributed by atoms with van der Waals surface area (Å²) in [6.07, 6.45) is 8.13. The zero-order valence-corrected chi connectivity index (χ0v) is 12.0. The summed E-state index contributed by atoms with van der Waals surface area (Å²) in [5, 5.41) is 3.41. The van der Waals surface area contributed by atoms with Crippen LogP contribution in [0.4, 0.5) is 0 Å². The highest BCUT2D eigenvalue weighted by atomic mass is 16.5. The van der Waals surface area contributed by atoms with E-state index in [1.54, 1.807) is 0 Å². The van der Waals surface area contributed by atoms with Gasteiger partial charge in [0, 0.05) is 19.1 Å². The second-order valence-electron chi connectivity index (χ2n) is 6.12. The maximum absolute atomic E-state index is 5.89. The van der Waals surface area contributed by atoms with Crippen LogP contribution in [0.25, 0.3) is 0 Å². The van der Waals surface area contributed by atoms with Crippen LogP contribution in [-0.2, 0) is 4.74 Å². The predicted octanol–water partition coefficient (Wildman–Crippen LogP) is 2.54. The fraction of sp³-hybridized carbons (Fsp3) is 0.800.